The summed E-state index contributed by atoms with van der Waals surface area (Å²) in [5.41, 5.74) is 0. The number of hydrogen-bond donors (Lipinski definition) is 2. The van der Waals surface area contributed by atoms with Crippen LogP contribution in [0.4, 0.5) is 0 Å². The molecule has 0 aromatic heterocycles. The summed E-state index contributed by atoms with van der Waals surface area (Å²) in [5.74, 6) is -0.418. The molecule has 1 rings (SSSR count). The van der Waals surface area contributed by atoms with Crippen LogP contribution in [0.5, 0.6) is 0 Å². The Morgan fingerprint density at radius 2 is 2.05 bits per heavy atom. The molecule has 0 aliphatic carbocycles. The maximum atomic E-state index is 12.0. The Morgan fingerprint density at radius 1 is 1.35 bits per heavy atom. The van der Waals surface area contributed by atoms with Crippen LogP contribution in [0, 0.1) is 0 Å². The van der Waals surface area contributed by atoms with E-state index in [4.69, 9.17) is 4.74 Å². The third-order valence-corrected chi connectivity index (χ3v) is 5.11. The van der Waals surface area contributed by atoms with Crippen LogP contribution in [0.1, 0.15) is 0 Å². The van der Waals surface area contributed by atoms with Gasteiger partial charge in [-0.1, -0.05) is 15.9 Å². The molecule has 20 heavy (non-hydrogen) atoms. The van der Waals surface area contributed by atoms with E-state index in [1.165, 1.54) is 13.2 Å². The summed E-state index contributed by atoms with van der Waals surface area (Å²) in [6.07, 6.45) is 0. The average molecular weight is 430 g/mol. The highest BCUT2D eigenvalue weighted by Gasteiger charge is 2.18. The van der Waals surface area contributed by atoms with Crippen molar-refractivity contribution in [3.05, 3.63) is 27.1 Å². The lowest BCUT2D eigenvalue weighted by Gasteiger charge is -2.09. The second-order valence-corrected chi connectivity index (χ2v) is 7.25. The first-order valence-corrected chi connectivity index (χ1v) is 8.64. The quantitative estimate of drug-likeness (QED) is 0.639. The molecule has 9 heteroatoms. The number of carbonyl (C=O) groups excluding carboxylic acids is 1. The number of hydrogen-bond acceptors (Lipinski definition) is 4. The number of halogens is 2. The molecule has 0 atom stereocenters. The minimum Gasteiger partial charge on any atom is -0.383 e. The summed E-state index contributed by atoms with van der Waals surface area (Å²) in [6, 6.07) is 4.67. The summed E-state index contributed by atoms with van der Waals surface area (Å²) >= 11 is 6.41. The minimum atomic E-state index is -3.74. The second-order valence-electron chi connectivity index (χ2n) is 3.74. The fraction of sp³-hybridized carbons (Fsp3) is 0.364. The summed E-state index contributed by atoms with van der Waals surface area (Å²) < 4.78 is 32.2. The van der Waals surface area contributed by atoms with Gasteiger partial charge >= 0.3 is 0 Å². The lowest BCUT2D eigenvalue weighted by atomic mass is 10.4. The maximum absolute atomic E-state index is 12.0. The Kier molecular flexibility index (Phi) is 7.10. The van der Waals surface area contributed by atoms with Gasteiger partial charge in [-0.3, -0.25) is 4.79 Å². The van der Waals surface area contributed by atoms with E-state index >= 15 is 0 Å². The van der Waals surface area contributed by atoms with Crippen molar-refractivity contribution in [2.75, 3.05) is 26.8 Å². The average Bonchev–Trinajstić information content (AvgIpc) is 2.36. The summed E-state index contributed by atoms with van der Waals surface area (Å²) in [6.45, 7) is 0.379. The first-order chi connectivity index (χ1) is 9.36. The molecule has 2 N–H and O–H groups in total. The van der Waals surface area contributed by atoms with E-state index in [2.05, 4.69) is 41.9 Å². The molecular formula is C11H14Br2N2O4S. The molecule has 0 saturated carbocycles. The van der Waals surface area contributed by atoms with Crippen LogP contribution < -0.4 is 10.0 Å². The fourth-order valence-electron chi connectivity index (χ4n) is 1.29. The van der Waals surface area contributed by atoms with Crippen molar-refractivity contribution in [3.8, 4) is 0 Å². The molecule has 0 saturated heterocycles. The molecule has 6 nitrogen and oxygen atoms in total. The largest absolute Gasteiger partial charge is 0.383 e. The molecule has 112 valence electrons. The van der Waals surface area contributed by atoms with Crippen molar-refractivity contribution in [2.24, 2.45) is 0 Å². The van der Waals surface area contributed by atoms with Crippen LogP contribution in [-0.4, -0.2) is 41.1 Å². The molecule has 1 aromatic carbocycles. The molecule has 0 aliphatic heterocycles. The fourth-order valence-corrected chi connectivity index (χ4v) is 4.01. The number of nitrogens with one attached hydrogen (secondary N) is 2. The zero-order valence-electron chi connectivity index (χ0n) is 10.7. The summed E-state index contributed by atoms with van der Waals surface area (Å²) in [4.78, 5) is 11.5. The third-order valence-electron chi connectivity index (χ3n) is 2.23. The van der Waals surface area contributed by atoms with Crippen molar-refractivity contribution in [3.63, 3.8) is 0 Å². The molecule has 0 unspecified atom stereocenters. The molecular weight excluding hydrogens is 416 g/mol. The zero-order valence-corrected chi connectivity index (χ0v) is 14.6. The first kappa shape index (κ1) is 17.6. The third kappa shape index (κ3) is 5.49. The molecule has 0 aliphatic rings. The van der Waals surface area contributed by atoms with Gasteiger partial charge in [0.1, 0.15) is 0 Å². The SMILES string of the molecule is COCCNC(=O)CNS(=O)(=O)c1ccc(Br)cc1Br. The smallest absolute Gasteiger partial charge is 0.242 e. The molecule has 1 aromatic rings. The van der Waals surface area contributed by atoms with Crippen molar-refractivity contribution < 1.29 is 17.9 Å². The van der Waals surface area contributed by atoms with Crippen molar-refractivity contribution in [1.29, 1.82) is 0 Å². The van der Waals surface area contributed by atoms with Crippen LogP contribution in [0.2, 0.25) is 0 Å². The van der Waals surface area contributed by atoms with Crippen molar-refractivity contribution in [1.82, 2.24) is 10.0 Å². The van der Waals surface area contributed by atoms with E-state index in [-0.39, 0.29) is 11.4 Å². The van der Waals surface area contributed by atoms with E-state index in [0.29, 0.717) is 17.6 Å². The first-order valence-electron chi connectivity index (χ1n) is 5.57. The maximum Gasteiger partial charge on any atom is 0.242 e. The summed E-state index contributed by atoms with van der Waals surface area (Å²) in [7, 11) is -2.23. The van der Waals surface area contributed by atoms with Gasteiger partial charge in [0.2, 0.25) is 15.9 Å². The van der Waals surface area contributed by atoms with Crippen LogP contribution in [-0.2, 0) is 19.6 Å². The summed E-state index contributed by atoms with van der Waals surface area (Å²) in [5, 5.41) is 2.52. The molecule has 0 spiro atoms. The van der Waals surface area contributed by atoms with Gasteiger partial charge in [-0.2, -0.15) is 0 Å². The van der Waals surface area contributed by atoms with Crippen LogP contribution in [0.15, 0.2) is 32.0 Å². The van der Waals surface area contributed by atoms with Gasteiger partial charge < -0.3 is 10.1 Å². The van der Waals surface area contributed by atoms with Gasteiger partial charge in [0.25, 0.3) is 0 Å². The Labute approximate surface area is 134 Å². The van der Waals surface area contributed by atoms with Crippen LogP contribution >= 0.6 is 31.9 Å². The number of benzene rings is 1. The van der Waals surface area contributed by atoms with Crippen molar-refractivity contribution in [2.45, 2.75) is 4.90 Å². The highest BCUT2D eigenvalue weighted by Crippen LogP contribution is 2.25. The van der Waals surface area contributed by atoms with Gasteiger partial charge in [-0.15, -0.1) is 0 Å². The minimum absolute atomic E-state index is 0.0744. The normalized spacial score (nSPS) is 11.3. The molecule has 0 heterocycles. The Hall–Kier alpha value is -0.480. The van der Waals surface area contributed by atoms with Gasteiger partial charge in [0.15, 0.2) is 0 Å². The Bertz CT molecular complexity index is 578. The number of amides is 1. The standard InChI is InChI=1S/C11H14Br2N2O4S/c1-19-5-4-14-11(16)7-15-20(17,18)10-3-2-8(12)6-9(10)13/h2-3,6,15H,4-5,7H2,1H3,(H,14,16). The van der Waals surface area contributed by atoms with E-state index in [9.17, 15) is 13.2 Å². The Balaban J connectivity index is 2.64. The monoisotopic (exact) mass is 428 g/mol. The lowest BCUT2D eigenvalue weighted by molar-refractivity contribution is -0.120. The van der Waals surface area contributed by atoms with Crippen LogP contribution in [0.3, 0.4) is 0 Å². The number of ether oxygens (including phenoxy) is 1. The van der Waals surface area contributed by atoms with Crippen LogP contribution in [0.25, 0.3) is 0 Å². The van der Waals surface area contributed by atoms with Gasteiger partial charge in [0.05, 0.1) is 18.0 Å². The van der Waals surface area contributed by atoms with E-state index in [1.54, 1.807) is 12.1 Å². The van der Waals surface area contributed by atoms with E-state index < -0.39 is 15.9 Å². The van der Waals surface area contributed by atoms with Gasteiger partial charge in [-0.05, 0) is 34.1 Å². The number of carbonyl (C=O) groups is 1. The molecule has 0 bridgehead atoms. The Morgan fingerprint density at radius 3 is 2.65 bits per heavy atom. The van der Waals surface area contributed by atoms with Gasteiger partial charge in [0, 0.05) is 22.6 Å². The second kappa shape index (κ2) is 8.08. The zero-order chi connectivity index (χ0) is 15.2. The number of methoxy groups -OCH3 is 1. The highest BCUT2D eigenvalue weighted by atomic mass is 79.9. The lowest BCUT2D eigenvalue weighted by Crippen LogP contribution is -2.38. The predicted octanol–water partition coefficient (Wildman–Crippen LogP) is 1.25. The number of rotatable bonds is 7. The molecule has 0 fully saturated rings. The van der Waals surface area contributed by atoms with Gasteiger partial charge in [-0.25, -0.2) is 13.1 Å². The highest BCUT2D eigenvalue weighted by molar-refractivity contribution is 9.11. The topological polar surface area (TPSA) is 84.5 Å². The van der Waals surface area contributed by atoms with E-state index in [0.717, 1.165) is 4.47 Å². The predicted molar refractivity (Wildman–Crippen MR) is 81.9 cm³/mol. The van der Waals surface area contributed by atoms with Crippen molar-refractivity contribution >= 4 is 47.8 Å². The molecule has 0 radical (unpaired) electrons. The number of sulfonamides is 1. The molecule has 1 amide bonds. The van der Waals surface area contributed by atoms with E-state index in [1.807, 2.05) is 0 Å².